The predicted molar refractivity (Wildman–Crippen MR) is 83.5 cm³/mol. The minimum Gasteiger partial charge on any atom is -0.390 e. The molecule has 0 aliphatic carbocycles. The van der Waals surface area contributed by atoms with Crippen LogP contribution in [0.4, 0.5) is 5.69 Å². The minimum absolute atomic E-state index is 0.0471. The Morgan fingerprint density at radius 1 is 1.48 bits per heavy atom. The number of aliphatic hydroxyl groups excluding tert-OH is 1. The molecule has 1 aliphatic rings. The quantitative estimate of drug-likeness (QED) is 0.873. The Labute approximate surface area is 127 Å². The Morgan fingerprint density at radius 3 is 2.95 bits per heavy atom. The third-order valence-corrected chi connectivity index (χ3v) is 3.81. The van der Waals surface area contributed by atoms with E-state index < -0.39 is 0 Å². The Kier molecular flexibility index (Phi) is 5.94. The predicted octanol–water partition coefficient (Wildman–Crippen LogP) is 2.49. The summed E-state index contributed by atoms with van der Waals surface area (Å²) < 4.78 is 5.87. The molecule has 2 heterocycles. The van der Waals surface area contributed by atoms with Crippen LogP contribution in [0.3, 0.4) is 0 Å². The second kappa shape index (κ2) is 7.71. The summed E-state index contributed by atoms with van der Waals surface area (Å²) in [5.41, 5.74) is 1.68. The summed E-state index contributed by atoms with van der Waals surface area (Å²) in [6, 6.07) is 0. The van der Waals surface area contributed by atoms with Crippen molar-refractivity contribution in [2.75, 3.05) is 24.6 Å². The van der Waals surface area contributed by atoms with E-state index in [0.29, 0.717) is 0 Å². The van der Waals surface area contributed by atoms with Gasteiger partial charge in [0, 0.05) is 25.6 Å². The van der Waals surface area contributed by atoms with Crippen LogP contribution in [0.25, 0.3) is 0 Å². The van der Waals surface area contributed by atoms with Crippen molar-refractivity contribution >= 4 is 5.69 Å². The zero-order valence-electron chi connectivity index (χ0n) is 13.4. The molecule has 1 aromatic rings. The van der Waals surface area contributed by atoms with Crippen LogP contribution in [0, 0.1) is 0 Å². The van der Waals surface area contributed by atoms with Crippen molar-refractivity contribution in [3.05, 3.63) is 17.7 Å². The molecule has 0 amide bonds. The van der Waals surface area contributed by atoms with E-state index in [-0.39, 0.29) is 18.6 Å². The number of piperidine rings is 1. The van der Waals surface area contributed by atoms with E-state index in [1.165, 1.54) is 0 Å². The molecule has 5 heteroatoms. The molecule has 1 aromatic heterocycles. The average molecular weight is 293 g/mol. The van der Waals surface area contributed by atoms with Crippen molar-refractivity contribution in [2.45, 2.75) is 58.7 Å². The summed E-state index contributed by atoms with van der Waals surface area (Å²) in [4.78, 5) is 11.2. The van der Waals surface area contributed by atoms with E-state index in [1.807, 2.05) is 6.20 Å². The van der Waals surface area contributed by atoms with Crippen LogP contribution in [0.1, 0.15) is 57.5 Å². The molecule has 1 atom stereocenters. The summed E-state index contributed by atoms with van der Waals surface area (Å²) in [7, 11) is 0. The molecule has 1 saturated heterocycles. The number of ether oxygens (including phenoxy) is 1. The molecule has 2 rings (SSSR count). The molecule has 0 radical (unpaired) electrons. The highest BCUT2D eigenvalue weighted by molar-refractivity contribution is 5.49. The highest BCUT2D eigenvalue weighted by Crippen LogP contribution is 2.25. The second-order valence-corrected chi connectivity index (χ2v) is 5.95. The maximum atomic E-state index is 9.61. The van der Waals surface area contributed by atoms with Gasteiger partial charge in [-0.15, -0.1) is 0 Å². The first kappa shape index (κ1) is 16.2. The summed E-state index contributed by atoms with van der Waals surface area (Å²) >= 11 is 0. The van der Waals surface area contributed by atoms with Gasteiger partial charge in [0.1, 0.15) is 5.82 Å². The fourth-order valence-electron chi connectivity index (χ4n) is 2.66. The summed E-state index contributed by atoms with van der Waals surface area (Å²) in [6.07, 6.45) is 5.39. The van der Waals surface area contributed by atoms with Gasteiger partial charge in [0.05, 0.1) is 30.3 Å². The molecule has 1 fully saturated rings. The molecule has 118 valence electrons. The van der Waals surface area contributed by atoms with Crippen LogP contribution in [-0.2, 0) is 11.3 Å². The lowest BCUT2D eigenvalue weighted by Gasteiger charge is -2.34. The topological polar surface area (TPSA) is 58.5 Å². The van der Waals surface area contributed by atoms with Gasteiger partial charge in [0.25, 0.3) is 0 Å². The van der Waals surface area contributed by atoms with Gasteiger partial charge in [0.15, 0.2) is 0 Å². The van der Waals surface area contributed by atoms with Gasteiger partial charge in [-0.3, -0.25) is 0 Å². The average Bonchev–Trinajstić information content (AvgIpc) is 2.52. The van der Waals surface area contributed by atoms with Gasteiger partial charge < -0.3 is 14.7 Å². The number of aromatic nitrogens is 2. The molecular weight excluding hydrogens is 266 g/mol. The van der Waals surface area contributed by atoms with Crippen LogP contribution in [0.15, 0.2) is 6.20 Å². The lowest BCUT2D eigenvalue weighted by atomic mass is 10.1. The Morgan fingerprint density at radius 2 is 2.29 bits per heavy atom. The molecule has 0 spiro atoms. The highest BCUT2D eigenvalue weighted by atomic mass is 16.5. The largest absolute Gasteiger partial charge is 0.390 e. The Hall–Kier alpha value is -1.20. The van der Waals surface area contributed by atoms with E-state index in [2.05, 4.69) is 35.6 Å². The molecule has 1 aliphatic heterocycles. The third kappa shape index (κ3) is 4.14. The van der Waals surface area contributed by atoms with Gasteiger partial charge in [-0.05, 0) is 19.3 Å². The summed E-state index contributed by atoms with van der Waals surface area (Å²) in [5.74, 6) is 1.06. The first-order valence-electron chi connectivity index (χ1n) is 7.98. The maximum Gasteiger partial charge on any atom is 0.131 e. The van der Waals surface area contributed by atoms with Gasteiger partial charge in [0.2, 0.25) is 0 Å². The van der Waals surface area contributed by atoms with Gasteiger partial charge in [-0.2, -0.15) is 0 Å². The Bertz CT molecular complexity index is 451. The van der Waals surface area contributed by atoms with Crippen molar-refractivity contribution in [1.29, 1.82) is 0 Å². The van der Waals surface area contributed by atoms with Crippen LogP contribution in [0.2, 0.25) is 0 Å². The number of nitrogens with zero attached hydrogens (tertiary/aromatic N) is 3. The normalized spacial score (nSPS) is 19.3. The van der Waals surface area contributed by atoms with Crippen LogP contribution < -0.4 is 4.90 Å². The van der Waals surface area contributed by atoms with Gasteiger partial charge in [-0.1, -0.05) is 20.8 Å². The zero-order chi connectivity index (χ0) is 15.2. The minimum atomic E-state index is -0.0471. The fraction of sp³-hybridized carbons (Fsp3) is 0.750. The SMILES string of the molecule is CCCOC1CCCN(c2cnc(C(C)C)nc2CO)C1. The van der Waals surface area contributed by atoms with Crippen LogP contribution in [0.5, 0.6) is 0 Å². The van der Waals surface area contributed by atoms with E-state index in [9.17, 15) is 5.11 Å². The van der Waals surface area contributed by atoms with Crippen molar-refractivity contribution in [3.8, 4) is 0 Å². The lowest BCUT2D eigenvalue weighted by molar-refractivity contribution is 0.0439. The van der Waals surface area contributed by atoms with E-state index in [1.54, 1.807) is 0 Å². The fourth-order valence-corrected chi connectivity index (χ4v) is 2.66. The van der Waals surface area contributed by atoms with Crippen molar-refractivity contribution in [1.82, 2.24) is 9.97 Å². The van der Waals surface area contributed by atoms with Crippen molar-refractivity contribution in [2.24, 2.45) is 0 Å². The van der Waals surface area contributed by atoms with E-state index in [0.717, 1.165) is 56.2 Å². The van der Waals surface area contributed by atoms with Crippen LogP contribution >= 0.6 is 0 Å². The molecule has 0 bridgehead atoms. The summed E-state index contributed by atoms with van der Waals surface area (Å²) in [5, 5.41) is 9.61. The highest BCUT2D eigenvalue weighted by Gasteiger charge is 2.23. The maximum absolute atomic E-state index is 9.61. The number of hydrogen-bond donors (Lipinski definition) is 1. The Balaban J connectivity index is 2.12. The molecule has 0 saturated carbocycles. The number of aliphatic hydroxyl groups is 1. The second-order valence-electron chi connectivity index (χ2n) is 5.95. The van der Waals surface area contributed by atoms with Crippen molar-refractivity contribution in [3.63, 3.8) is 0 Å². The molecule has 0 aromatic carbocycles. The van der Waals surface area contributed by atoms with Crippen molar-refractivity contribution < 1.29 is 9.84 Å². The molecule has 21 heavy (non-hydrogen) atoms. The zero-order valence-corrected chi connectivity index (χ0v) is 13.4. The third-order valence-electron chi connectivity index (χ3n) is 3.81. The van der Waals surface area contributed by atoms with E-state index in [4.69, 9.17) is 4.74 Å². The smallest absolute Gasteiger partial charge is 0.131 e. The lowest BCUT2D eigenvalue weighted by Crippen LogP contribution is -2.40. The van der Waals surface area contributed by atoms with E-state index >= 15 is 0 Å². The monoisotopic (exact) mass is 293 g/mol. The van der Waals surface area contributed by atoms with Gasteiger partial charge in [-0.25, -0.2) is 9.97 Å². The number of hydrogen-bond acceptors (Lipinski definition) is 5. The number of anilines is 1. The first-order valence-corrected chi connectivity index (χ1v) is 7.98. The molecular formula is C16H27N3O2. The number of rotatable bonds is 6. The summed E-state index contributed by atoms with van der Waals surface area (Å²) in [6.45, 7) is 8.85. The van der Waals surface area contributed by atoms with Gasteiger partial charge >= 0.3 is 0 Å². The first-order chi connectivity index (χ1) is 10.2. The molecule has 5 nitrogen and oxygen atoms in total. The molecule has 1 N–H and O–H groups in total. The standard InChI is InChI=1S/C16H27N3O2/c1-4-8-21-13-6-5-7-19(10-13)15-9-17-16(12(2)3)18-14(15)11-20/h9,12-13,20H,4-8,10-11H2,1-3H3. The van der Waals surface area contributed by atoms with Crippen LogP contribution in [-0.4, -0.2) is 40.9 Å². The molecule has 1 unspecified atom stereocenters.